The van der Waals surface area contributed by atoms with E-state index in [2.05, 4.69) is 0 Å². The van der Waals surface area contributed by atoms with Crippen molar-refractivity contribution in [2.24, 2.45) is 5.14 Å². The molecule has 0 radical (unpaired) electrons. The van der Waals surface area contributed by atoms with Crippen LogP contribution in [-0.4, -0.2) is 13.4 Å². The minimum absolute atomic E-state index is 0.0517. The zero-order chi connectivity index (χ0) is 20.6. The number of halogens is 2. The van der Waals surface area contributed by atoms with Gasteiger partial charge in [0, 0.05) is 16.1 Å². The maximum atomic E-state index is 11.6. The fourth-order valence-electron chi connectivity index (χ4n) is 2.87. The van der Waals surface area contributed by atoms with Crippen LogP contribution in [0.5, 0.6) is 0 Å². The Morgan fingerprint density at radius 2 is 1.45 bits per heavy atom. The van der Waals surface area contributed by atoms with Crippen molar-refractivity contribution < 1.29 is 8.42 Å². The molecule has 0 saturated heterocycles. The van der Waals surface area contributed by atoms with E-state index >= 15 is 0 Å². The third kappa shape index (κ3) is 4.22. The molecule has 146 valence electrons. The normalized spacial score (nSPS) is 11.6. The van der Waals surface area contributed by atoms with Crippen molar-refractivity contribution in [3.8, 4) is 32.3 Å². The minimum Gasteiger partial charge on any atom is -0.235 e. The number of aromatic nitrogens is 1. The fourth-order valence-corrected chi connectivity index (χ4v) is 4.92. The maximum absolute atomic E-state index is 11.6. The number of thiazole rings is 1. The molecule has 0 fully saturated rings. The smallest absolute Gasteiger partial charge is 0.235 e. The number of sulfonamides is 1. The monoisotopic (exact) mass is 460 g/mol. The molecule has 0 bridgehead atoms. The second-order valence-electron chi connectivity index (χ2n) is 6.25. The van der Waals surface area contributed by atoms with Crippen LogP contribution in [0.1, 0.15) is 0 Å². The van der Waals surface area contributed by atoms with Gasteiger partial charge in [0.25, 0.3) is 0 Å². The van der Waals surface area contributed by atoms with Gasteiger partial charge in [-0.3, -0.25) is 0 Å². The molecule has 1 aromatic heterocycles. The van der Waals surface area contributed by atoms with Gasteiger partial charge in [-0.25, -0.2) is 18.5 Å². The lowest BCUT2D eigenvalue weighted by Crippen LogP contribution is -2.11. The summed E-state index contributed by atoms with van der Waals surface area (Å²) < 4.78 is 23.1. The molecule has 3 aromatic carbocycles. The first kappa shape index (κ1) is 20.1. The van der Waals surface area contributed by atoms with Crippen molar-refractivity contribution in [3.63, 3.8) is 0 Å². The first-order valence-corrected chi connectivity index (χ1v) is 11.6. The topological polar surface area (TPSA) is 73.1 Å². The van der Waals surface area contributed by atoms with Crippen LogP contribution in [0.15, 0.2) is 77.7 Å². The number of primary sulfonamides is 1. The zero-order valence-corrected chi connectivity index (χ0v) is 18.0. The van der Waals surface area contributed by atoms with E-state index in [1.807, 2.05) is 48.5 Å². The van der Waals surface area contributed by atoms with Crippen molar-refractivity contribution in [2.75, 3.05) is 0 Å². The predicted octanol–water partition coefficient (Wildman–Crippen LogP) is 6.10. The maximum Gasteiger partial charge on any atom is 0.238 e. The highest BCUT2D eigenvalue weighted by Crippen LogP contribution is 2.42. The van der Waals surface area contributed by atoms with Gasteiger partial charge in [-0.2, -0.15) is 0 Å². The van der Waals surface area contributed by atoms with Crippen molar-refractivity contribution in [1.29, 1.82) is 0 Å². The van der Waals surface area contributed by atoms with Gasteiger partial charge < -0.3 is 0 Å². The Balaban J connectivity index is 1.89. The van der Waals surface area contributed by atoms with E-state index in [0.717, 1.165) is 32.3 Å². The van der Waals surface area contributed by atoms with E-state index < -0.39 is 10.0 Å². The quantitative estimate of drug-likeness (QED) is 0.399. The third-order valence-electron chi connectivity index (χ3n) is 4.29. The van der Waals surface area contributed by atoms with Crippen molar-refractivity contribution in [1.82, 2.24) is 4.98 Å². The molecular weight excluding hydrogens is 447 g/mol. The average Bonchev–Trinajstić information content (AvgIpc) is 3.13. The molecule has 0 amide bonds. The van der Waals surface area contributed by atoms with Gasteiger partial charge in [0.2, 0.25) is 10.0 Å². The summed E-state index contributed by atoms with van der Waals surface area (Å²) in [4.78, 5) is 5.80. The first-order valence-electron chi connectivity index (χ1n) is 8.48. The second-order valence-corrected chi connectivity index (χ2v) is 9.66. The van der Waals surface area contributed by atoms with E-state index in [9.17, 15) is 8.42 Å². The minimum atomic E-state index is -3.76. The van der Waals surface area contributed by atoms with Crippen molar-refractivity contribution in [3.05, 3.63) is 82.8 Å². The number of hydrogen-bond acceptors (Lipinski definition) is 4. The molecular formula is C21H14Cl2N2O2S2. The second kappa shape index (κ2) is 7.89. The predicted molar refractivity (Wildman–Crippen MR) is 120 cm³/mol. The summed E-state index contributed by atoms with van der Waals surface area (Å²) in [5, 5.41) is 7.23. The summed E-state index contributed by atoms with van der Waals surface area (Å²) in [7, 11) is -3.76. The van der Waals surface area contributed by atoms with Gasteiger partial charge in [-0.05, 0) is 35.9 Å². The van der Waals surface area contributed by atoms with Gasteiger partial charge in [0.05, 0.1) is 20.5 Å². The summed E-state index contributed by atoms with van der Waals surface area (Å²) in [5.41, 5.74) is 3.29. The van der Waals surface area contributed by atoms with Gasteiger partial charge >= 0.3 is 0 Å². The van der Waals surface area contributed by atoms with Crippen molar-refractivity contribution in [2.45, 2.75) is 4.90 Å². The molecule has 0 unspecified atom stereocenters. The van der Waals surface area contributed by atoms with E-state index in [4.69, 9.17) is 33.3 Å². The Bertz CT molecular complexity index is 1280. The van der Waals surface area contributed by atoms with Crippen LogP contribution in [0.25, 0.3) is 32.3 Å². The Kier molecular flexibility index (Phi) is 5.46. The molecule has 0 atom stereocenters. The molecule has 0 spiro atoms. The van der Waals surface area contributed by atoms with Gasteiger partial charge in [0.1, 0.15) is 5.01 Å². The summed E-state index contributed by atoms with van der Waals surface area (Å²) >= 11 is 13.9. The number of benzene rings is 3. The standard InChI is InChI=1S/C21H14Cl2N2O2S2/c22-15-9-5-14(6-10-15)20-19(13-7-11-16(12-8-13)29(24,26)27)25-21(28-20)17-3-1-2-4-18(17)23/h1-12H,(H2,24,26,27). The molecule has 29 heavy (non-hydrogen) atoms. The molecule has 8 heteroatoms. The number of nitrogens with zero attached hydrogens (tertiary/aromatic N) is 1. The van der Waals surface area contributed by atoms with Gasteiger partial charge in [-0.15, -0.1) is 11.3 Å². The van der Waals surface area contributed by atoms with E-state index in [1.165, 1.54) is 23.5 Å². The Morgan fingerprint density at radius 3 is 2.07 bits per heavy atom. The van der Waals surface area contributed by atoms with Crippen LogP contribution in [0.4, 0.5) is 0 Å². The summed E-state index contributed by atoms with van der Waals surface area (Å²) in [6.07, 6.45) is 0. The molecule has 2 N–H and O–H groups in total. The molecule has 0 aliphatic heterocycles. The molecule has 0 aliphatic rings. The van der Waals surface area contributed by atoms with Crippen LogP contribution in [0.3, 0.4) is 0 Å². The lowest BCUT2D eigenvalue weighted by Gasteiger charge is -2.04. The Morgan fingerprint density at radius 1 is 0.828 bits per heavy atom. The Hall–Kier alpha value is -2.22. The molecule has 4 aromatic rings. The average molecular weight is 461 g/mol. The van der Waals surface area contributed by atoms with E-state index in [-0.39, 0.29) is 4.90 Å². The zero-order valence-electron chi connectivity index (χ0n) is 14.8. The molecule has 4 rings (SSSR count). The van der Waals surface area contributed by atoms with E-state index in [0.29, 0.717) is 10.0 Å². The van der Waals surface area contributed by atoms with Crippen molar-refractivity contribution >= 4 is 44.6 Å². The fraction of sp³-hybridized carbons (Fsp3) is 0. The third-order valence-corrected chi connectivity index (χ3v) is 6.94. The summed E-state index contributed by atoms with van der Waals surface area (Å²) in [6, 6.07) is 21.4. The van der Waals surface area contributed by atoms with Crippen LogP contribution >= 0.6 is 34.5 Å². The summed E-state index contributed by atoms with van der Waals surface area (Å²) in [6.45, 7) is 0. The highest BCUT2D eigenvalue weighted by atomic mass is 35.5. The highest BCUT2D eigenvalue weighted by molar-refractivity contribution is 7.89. The first-order chi connectivity index (χ1) is 13.8. The molecule has 4 nitrogen and oxygen atoms in total. The largest absolute Gasteiger partial charge is 0.238 e. The molecule has 0 aliphatic carbocycles. The van der Waals surface area contributed by atoms with Crippen LogP contribution < -0.4 is 5.14 Å². The SMILES string of the molecule is NS(=O)(=O)c1ccc(-c2nc(-c3ccccc3Cl)sc2-c2ccc(Cl)cc2)cc1. The number of rotatable bonds is 4. The number of nitrogens with two attached hydrogens (primary N) is 1. The Labute approximate surface area is 182 Å². The molecule has 1 heterocycles. The van der Waals surface area contributed by atoms with Gasteiger partial charge in [0.15, 0.2) is 0 Å². The lowest BCUT2D eigenvalue weighted by atomic mass is 10.1. The van der Waals surface area contributed by atoms with Crippen LogP contribution in [0.2, 0.25) is 10.0 Å². The lowest BCUT2D eigenvalue weighted by molar-refractivity contribution is 0.598. The van der Waals surface area contributed by atoms with E-state index in [1.54, 1.807) is 12.1 Å². The summed E-state index contributed by atoms with van der Waals surface area (Å²) in [5.74, 6) is 0. The van der Waals surface area contributed by atoms with Gasteiger partial charge in [-0.1, -0.05) is 65.7 Å². The number of hydrogen-bond donors (Lipinski definition) is 1. The van der Waals surface area contributed by atoms with Crippen LogP contribution in [0, 0.1) is 0 Å². The van der Waals surface area contributed by atoms with Crippen LogP contribution in [-0.2, 0) is 10.0 Å². The molecule has 0 saturated carbocycles. The highest BCUT2D eigenvalue weighted by Gasteiger charge is 2.18.